The summed E-state index contributed by atoms with van der Waals surface area (Å²) < 4.78 is 0. The zero-order valence-corrected chi connectivity index (χ0v) is 7.74. The van der Waals surface area contributed by atoms with E-state index < -0.39 is 0 Å². The van der Waals surface area contributed by atoms with Gasteiger partial charge in [-0.3, -0.25) is 4.90 Å². The van der Waals surface area contributed by atoms with E-state index in [1.54, 1.807) is 23.0 Å². The summed E-state index contributed by atoms with van der Waals surface area (Å²) in [5.41, 5.74) is 0.758. The van der Waals surface area contributed by atoms with Gasteiger partial charge >= 0.3 is 6.03 Å². The van der Waals surface area contributed by atoms with E-state index in [4.69, 9.17) is 0 Å². The maximum absolute atomic E-state index is 11.5. The Morgan fingerprint density at radius 1 is 1.50 bits per heavy atom. The first kappa shape index (κ1) is 8.84. The second kappa shape index (κ2) is 3.01. The van der Waals surface area contributed by atoms with Crippen LogP contribution in [0.2, 0.25) is 0 Å². The fourth-order valence-electron chi connectivity index (χ4n) is 1.19. The molecule has 0 saturated heterocycles. The number of rotatable bonds is 1. The maximum atomic E-state index is 11.5. The van der Waals surface area contributed by atoms with Crippen molar-refractivity contribution in [3.05, 3.63) is 24.6 Å². The molecule has 0 aromatic rings. The molecule has 1 aliphatic rings. The summed E-state index contributed by atoms with van der Waals surface area (Å²) in [6.07, 6.45) is 3.56. The quantitative estimate of drug-likeness (QED) is 0.582. The molecule has 66 valence electrons. The first-order valence-electron chi connectivity index (χ1n) is 3.97. The van der Waals surface area contributed by atoms with Gasteiger partial charge in [-0.05, 0) is 19.9 Å². The number of carbonyl (C=O) groups is 1. The topological polar surface area (TPSA) is 23.6 Å². The molecule has 0 spiro atoms. The molecule has 0 unspecified atom stereocenters. The normalized spacial score (nSPS) is 18.0. The van der Waals surface area contributed by atoms with Crippen LogP contribution in [0.3, 0.4) is 0 Å². The lowest BCUT2D eigenvalue weighted by Gasteiger charge is -2.33. The molecule has 0 aromatic carbocycles. The lowest BCUT2D eigenvalue weighted by atomic mass is 10.2. The van der Waals surface area contributed by atoms with Gasteiger partial charge in [-0.15, -0.1) is 0 Å². The van der Waals surface area contributed by atoms with Crippen molar-refractivity contribution in [1.29, 1.82) is 0 Å². The van der Waals surface area contributed by atoms with Crippen LogP contribution in [0.4, 0.5) is 4.79 Å². The Bertz CT molecular complexity index is 243. The van der Waals surface area contributed by atoms with E-state index in [1.165, 1.54) is 0 Å². The van der Waals surface area contributed by atoms with E-state index in [1.807, 2.05) is 19.9 Å². The Kier molecular flexibility index (Phi) is 2.22. The molecule has 0 saturated carbocycles. The first-order chi connectivity index (χ1) is 5.54. The molecule has 1 rings (SSSR count). The van der Waals surface area contributed by atoms with Crippen molar-refractivity contribution in [1.82, 2.24) is 9.80 Å². The van der Waals surface area contributed by atoms with Gasteiger partial charge in [-0.2, -0.15) is 0 Å². The molecule has 0 aromatic heterocycles. The summed E-state index contributed by atoms with van der Waals surface area (Å²) in [7, 11) is 1.74. The van der Waals surface area contributed by atoms with Crippen LogP contribution in [0.25, 0.3) is 0 Å². The maximum Gasteiger partial charge on any atom is 0.328 e. The number of hydrogen-bond donors (Lipinski definition) is 0. The zero-order chi connectivity index (χ0) is 9.30. The predicted octanol–water partition coefficient (Wildman–Crippen LogP) is 1.79. The summed E-state index contributed by atoms with van der Waals surface area (Å²) in [6.45, 7) is 7.73. The molecule has 3 heteroatoms. The highest BCUT2D eigenvalue weighted by Gasteiger charge is 2.24. The minimum absolute atomic E-state index is 0.0162. The monoisotopic (exact) mass is 166 g/mol. The molecular formula is C9H14N2O. The summed E-state index contributed by atoms with van der Waals surface area (Å²) in [4.78, 5) is 14.7. The average molecular weight is 166 g/mol. The molecule has 0 radical (unpaired) electrons. The standard InChI is InChI=1S/C9H14N2O/c1-7(2)11-8(3)5-6-10(4)9(11)12/h5-7H,3H2,1-2,4H3. The van der Waals surface area contributed by atoms with Gasteiger partial charge in [0.1, 0.15) is 0 Å². The summed E-state index contributed by atoms with van der Waals surface area (Å²) in [5.74, 6) is 0. The van der Waals surface area contributed by atoms with Crippen LogP contribution < -0.4 is 0 Å². The van der Waals surface area contributed by atoms with E-state index in [9.17, 15) is 4.79 Å². The van der Waals surface area contributed by atoms with Crippen LogP contribution in [0.5, 0.6) is 0 Å². The number of allylic oxidation sites excluding steroid dienone is 1. The van der Waals surface area contributed by atoms with E-state index >= 15 is 0 Å². The Hall–Kier alpha value is -1.25. The first-order valence-corrected chi connectivity index (χ1v) is 3.97. The van der Waals surface area contributed by atoms with E-state index in [0.29, 0.717) is 0 Å². The van der Waals surface area contributed by atoms with Gasteiger partial charge in [0.2, 0.25) is 0 Å². The van der Waals surface area contributed by atoms with Gasteiger partial charge in [0, 0.05) is 25.0 Å². The van der Waals surface area contributed by atoms with Crippen molar-refractivity contribution in [3.63, 3.8) is 0 Å². The molecule has 0 fully saturated rings. The van der Waals surface area contributed by atoms with Gasteiger partial charge in [-0.25, -0.2) is 4.79 Å². The lowest BCUT2D eigenvalue weighted by molar-refractivity contribution is 0.177. The summed E-state index contributed by atoms with van der Waals surface area (Å²) >= 11 is 0. The van der Waals surface area contributed by atoms with E-state index in [2.05, 4.69) is 6.58 Å². The van der Waals surface area contributed by atoms with Crippen LogP contribution in [0.1, 0.15) is 13.8 Å². The third kappa shape index (κ3) is 1.35. The predicted molar refractivity (Wildman–Crippen MR) is 48.4 cm³/mol. The van der Waals surface area contributed by atoms with E-state index in [-0.39, 0.29) is 12.1 Å². The van der Waals surface area contributed by atoms with Gasteiger partial charge in [0.15, 0.2) is 0 Å². The van der Waals surface area contributed by atoms with Crippen molar-refractivity contribution in [2.45, 2.75) is 19.9 Å². The molecule has 1 heterocycles. The second-order valence-electron chi connectivity index (χ2n) is 3.16. The fraction of sp³-hybridized carbons (Fsp3) is 0.444. The number of urea groups is 1. The van der Waals surface area contributed by atoms with Gasteiger partial charge < -0.3 is 4.90 Å². The summed E-state index contributed by atoms with van der Waals surface area (Å²) in [6, 6.07) is 0.148. The van der Waals surface area contributed by atoms with E-state index in [0.717, 1.165) is 5.70 Å². The van der Waals surface area contributed by atoms with Crippen LogP contribution in [-0.2, 0) is 0 Å². The highest BCUT2D eigenvalue weighted by molar-refractivity contribution is 5.79. The smallest absolute Gasteiger partial charge is 0.304 e. The SMILES string of the molecule is C=C1C=CN(C)C(=O)N1C(C)C. The highest BCUT2D eigenvalue weighted by atomic mass is 16.2. The average Bonchev–Trinajstić information content (AvgIpc) is 1.97. The third-order valence-electron chi connectivity index (χ3n) is 1.82. The fourth-order valence-corrected chi connectivity index (χ4v) is 1.19. The van der Waals surface area contributed by atoms with Crippen LogP contribution in [0.15, 0.2) is 24.6 Å². The molecule has 0 aliphatic carbocycles. The van der Waals surface area contributed by atoms with Crippen LogP contribution >= 0.6 is 0 Å². The zero-order valence-electron chi connectivity index (χ0n) is 7.74. The largest absolute Gasteiger partial charge is 0.328 e. The lowest BCUT2D eigenvalue weighted by Crippen LogP contribution is -2.44. The molecule has 1 aliphatic heterocycles. The Morgan fingerprint density at radius 3 is 2.50 bits per heavy atom. The number of hydrogen-bond acceptors (Lipinski definition) is 1. The Balaban J connectivity index is 2.92. The second-order valence-corrected chi connectivity index (χ2v) is 3.16. The molecule has 12 heavy (non-hydrogen) atoms. The van der Waals surface area contributed by atoms with Crippen LogP contribution in [-0.4, -0.2) is 28.9 Å². The van der Waals surface area contributed by atoms with Crippen LogP contribution in [0, 0.1) is 0 Å². The molecule has 0 atom stereocenters. The van der Waals surface area contributed by atoms with Crippen molar-refractivity contribution in [2.75, 3.05) is 7.05 Å². The molecule has 2 amide bonds. The Morgan fingerprint density at radius 2 is 2.08 bits per heavy atom. The minimum atomic E-state index is -0.0162. The van der Waals surface area contributed by atoms with Gasteiger partial charge in [0.25, 0.3) is 0 Å². The van der Waals surface area contributed by atoms with Crippen molar-refractivity contribution in [2.24, 2.45) is 0 Å². The number of nitrogens with zero attached hydrogens (tertiary/aromatic N) is 2. The van der Waals surface area contributed by atoms with Gasteiger partial charge in [-0.1, -0.05) is 6.58 Å². The molecule has 3 nitrogen and oxygen atoms in total. The third-order valence-corrected chi connectivity index (χ3v) is 1.82. The van der Waals surface area contributed by atoms with Gasteiger partial charge in [0.05, 0.1) is 0 Å². The number of amides is 2. The molecule has 0 bridgehead atoms. The summed E-state index contributed by atoms with van der Waals surface area (Å²) in [5, 5.41) is 0. The molecular weight excluding hydrogens is 152 g/mol. The van der Waals surface area contributed by atoms with Crippen molar-refractivity contribution < 1.29 is 4.79 Å². The van der Waals surface area contributed by atoms with Crippen molar-refractivity contribution >= 4 is 6.03 Å². The molecule has 0 N–H and O–H groups in total. The Labute approximate surface area is 73.0 Å². The van der Waals surface area contributed by atoms with Crippen molar-refractivity contribution in [3.8, 4) is 0 Å². The minimum Gasteiger partial charge on any atom is -0.304 e. The number of carbonyl (C=O) groups excluding carboxylic acids is 1. The highest BCUT2D eigenvalue weighted by Crippen LogP contribution is 2.16.